The third-order valence-corrected chi connectivity index (χ3v) is 5.99. The van der Waals surface area contributed by atoms with Gasteiger partial charge in [0.1, 0.15) is 5.75 Å². The maximum atomic E-state index is 12.5. The van der Waals surface area contributed by atoms with Gasteiger partial charge >= 0.3 is 0 Å². The molecule has 0 bridgehead atoms. The molecule has 7 heteroatoms. The van der Waals surface area contributed by atoms with Gasteiger partial charge in [0.25, 0.3) is 0 Å². The number of nitrogens with zero attached hydrogens (tertiary/aromatic N) is 3. The highest BCUT2D eigenvalue weighted by atomic mass is 16.5. The molecular formula is C22H32N4O3. The highest BCUT2D eigenvalue weighted by Gasteiger charge is 2.40. The standard InChI is InChI=1S/C22H32N4O3/c1-2-29-20-7-4-3-6-19(20)25-14-12-24(13-15-25)10-5-11-26-21(27)16-18(22(26)28)23-17-8-9-17/h3-4,6-7,17-18,23H,2,5,8-16H2,1H3. The predicted molar refractivity (Wildman–Crippen MR) is 112 cm³/mol. The average Bonchev–Trinajstić information content (AvgIpc) is 3.51. The van der Waals surface area contributed by atoms with Crippen LogP contribution in [0.25, 0.3) is 0 Å². The minimum Gasteiger partial charge on any atom is -0.492 e. The number of hydrogen-bond acceptors (Lipinski definition) is 6. The summed E-state index contributed by atoms with van der Waals surface area (Å²) in [5.74, 6) is 0.897. The maximum absolute atomic E-state index is 12.5. The third kappa shape index (κ3) is 4.90. The number of imide groups is 1. The minimum absolute atomic E-state index is 0.0227. The molecule has 3 fully saturated rings. The topological polar surface area (TPSA) is 65.1 Å². The summed E-state index contributed by atoms with van der Waals surface area (Å²) in [6.45, 7) is 8.00. The number of amides is 2. The van der Waals surface area contributed by atoms with E-state index in [9.17, 15) is 9.59 Å². The first-order valence-electron chi connectivity index (χ1n) is 10.9. The van der Waals surface area contributed by atoms with Crippen molar-refractivity contribution < 1.29 is 14.3 Å². The molecule has 1 aromatic carbocycles. The molecule has 0 spiro atoms. The number of nitrogens with one attached hydrogen (secondary N) is 1. The van der Waals surface area contributed by atoms with Crippen LogP contribution in [0.3, 0.4) is 0 Å². The lowest BCUT2D eigenvalue weighted by Gasteiger charge is -2.36. The van der Waals surface area contributed by atoms with E-state index >= 15 is 0 Å². The fraction of sp³-hybridized carbons (Fsp3) is 0.636. The molecule has 1 unspecified atom stereocenters. The summed E-state index contributed by atoms with van der Waals surface area (Å²) < 4.78 is 5.77. The molecule has 2 amide bonds. The van der Waals surface area contributed by atoms with Crippen molar-refractivity contribution >= 4 is 17.5 Å². The fourth-order valence-electron chi connectivity index (χ4n) is 4.24. The molecule has 1 N–H and O–H groups in total. The Morgan fingerprint density at radius 3 is 2.55 bits per heavy atom. The molecule has 2 aliphatic heterocycles. The van der Waals surface area contributed by atoms with Gasteiger partial charge in [-0.25, -0.2) is 0 Å². The molecule has 3 aliphatic rings. The van der Waals surface area contributed by atoms with Crippen LogP contribution in [-0.2, 0) is 9.59 Å². The first kappa shape index (κ1) is 20.2. The van der Waals surface area contributed by atoms with Crippen LogP contribution in [0.2, 0.25) is 0 Å². The zero-order valence-electron chi connectivity index (χ0n) is 17.3. The second-order valence-electron chi connectivity index (χ2n) is 8.16. The molecule has 2 heterocycles. The van der Waals surface area contributed by atoms with Gasteiger partial charge in [0, 0.05) is 38.8 Å². The lowest BCUT2D eigenvalue weighted by molar-refractivity contribution is -0.138. The molecule has 29 heavy (non-hydrogen) atoms. The van der Waals surface area contributed by atoms with Crippen LogP contribution in [0, 0.1) is 0 Å². The Hall–Kier alpha value is -2.12. The van der Waals surface area contributed by atoms with Crippen LogP contribution in [0.5, 0.6) is 5.75 Å². The normalized spacial score (nSPS) is 23.1. The van der Waals surface area contributed by atoms with Crippen LogP contribution in [0.15, 0.2) is 24.3 Å². The van der Waals surface area contributed by atoms with Crippen molar-refractivity contribution in [1.82, 2.24) is 15.1 Å². The summed E-state index contributed by atoms with van der Waals surface area (Å²) in [5, 5.41) is 3.30. The van der Waals surface area contributed by atoms with Crippen LogP contribution in [0.1, 0.15) is 32.6 Å². The van der Waals surface area contributed by atoms with E-state index in [4.69, 9.17) is 4.74 Å². The predicted octanol–water partition coefficient (Wildman–Crippen LogP) is 1.48. The summed E-state index contributed by atoms with van der Waals surface area (Å²) >= 11 is 0. The Morgan fingerprint density at radius 1 is 1.07 bits per heavy atom. The summed E-state index contributed by atoms with van der Waals surface area (Å²) in [4.78, 5) is 30.9. The van der Waals surface area contributed by atoms with Gasteiger partial charge in [0.05, 0.1) is 24.8 Å². The van der Waals surface area contributed by atoms with Crippen molar-refractivity contribution in [3.8, 4) is 5.75 Å². The van der Waals surface area contributed by atoms with Crippen molar-refractivity contribution in [2.45, 2.75) is 44.7 Å². The second kappa shape index (κ2) is 9.13. The molecule has 7 nitrogen and oxygen atoms in total. The quantitative estimate of drug-likeness (QED) is 0.634. The molecule has 2 saturated heterocycles. The number of likely N-dealkylation sites (tertiary alicyclic amines) is 1. The largest absolute Gasteiger partial charge is 0.492 e. The van der Waals surface area contributed by atoms with Crippen molar-refractivity contribution in [3.05, 3.63) is 24.3 Å². The number of carbonyl (C=O) groups is 2. The van der Waals surface area contributed by atoms with E-state index in [0.717, 1.165) is 63.4 Å². The number of rotatable bonds is 9. The van der Waals surface area contributed by atoms with E-state index in [-0.39, 0.29) is 17.9 Å². The van der Waals surface area contributed by atoms with Gasteiger partial charge in [-0.2, -0.15) is 0 Å². The number of para-hydroxylation sites is 2. The Kier molecular flexibility index (Phi) is 6.35. The molecule has 1 atom stereocenters. The van der Waals surface area contributed by atoms with E-state index < -0.39 is 0 Å². The molecule has 0 radical (unpaired) electrons. The third-order valence-electron chi connectivity index (χ3n) is 5.99. The second-order valence-corrected chi connectivity index (χ2v) is 8.16. The smallest absolute Gasteiger partial charge is 0.246 e. The van der Waals surface area contributed by atoms with Gasteiger partial charge < -0.3 is 15.0 Å². The summed E-state index contributed by atoms with van der Waals surface area (Å²) in [5.41, 5.74) is 1.16. The van der Waals surface area contributed by atoms with Gasteiger partial charge in [-0.1, -0.05) is 12.1 Å². The van der Waals surface area contributed by atoms with E-state index in [1.165, 1.54) is 4.90 Å². The average molecular weight is 401 g/mol. The van der Waals surface area contributed by atoms with Gasteiger partial charge in [0.15, 0.2) is 0 Å². The SMILES string of the molecule is CCOc1ccccc1N1CCN(CCCN2C(=O)CC(NC3CC3)C2=O)CC1. The maximum Gasteiger partial charge on any atom is 0.246 e. The van der Waals surface area contributed by atoms with Crippen molar-refractivity contribution in [3.63, 3.8) is 0 Å². The summed E-state index contributed by atoms with van der Waals surface area (Å²) in [6.07, 6.45) is 3.41. The monoisotopic (exact) mass is 400 g/mol. The molecule has 0 aromatic heterocycles. The number of benzene rings is 1. The van der Waals surface area contributed by atoms with E-state index in [0.29, 0.717) is 25.6 Å². The lowest BCUT2D eigenvalue weighted by Crippen LogP contribution is -2.47. The summed E-state index contributed by atoms with van der Waals surface area (Å²) in [6, 6.07) is 8.37. The molecule has 4 rings (SSSR count). The summed E-state index contributed by atoms with van der Waals surface area (Å²) in [7, 11) is 0. The van der Waals surface area contributed by atoms with Gasteiger partial charge in [-0.05, 0) is 44.9 Å². The first-order chi connectivity index (χ1) is 14.2. The molecule has 1 saturated carbocycles. The van der Waals surface area contributed by atoms with Crippen LogP contribution < -0.4 is 15.0 Å². The zero-order valence-corrected chi connectivity index (χ0v) is 17.3. The number of ether oxygens (including phenoxy) is 1. The van der Waals surface area contributed by atoms with Gasteiger partial charge in [-0.3, -0.25) is 19.4 Å². The van der Waals surface area contributed by atoms with Crippen molar-refractivity contribution in [1.29, 1.82) is 0 Å². The Morgan fingerprint density at radius 2 is 1.83 bits per heavy atom. The van der Waals surface area contributed by atoms with E-state index in [1.807, 2.05) is 19.1 Å². The first-order valence-corrected chi connectivity index (χ1v) is 10.9. The minimum atomic E-state index is -0.288. The Balaban J connectivity index is 1.20. The highest BCUT2D eigenvalue weighted by Crippen LogP contribution is 2.29. The molecule has 1 aromatic rings. The van der Waals surface area contributed by atoms with Crippen LogP contribution in [-0.4, -0.2) is 79.6 Å². The lowest BCUT2D eigenvalue weighted by atomic mass is 10.2. The molecule has 158 valence electrons. The van der Waals surface area contributed by atoms with E-state index in [2.05, 4.69) is 27.2 Å². The highest BCUT2D eigenvalue weighted by molar-refractivity contribution is 6.05. The van der Waals surface area contributed by atoms with Crippen molar-refractivity contribution in [2.75, 3.05) is 50.8 Å². The fourth-order valence-corrected chi connectivity index (χ4v) is 4.24. The number of anilines is 1. The van der Waals surface area contributed by atoms with Crippen molar-refractivity contribution in [2.24, 2.45) is 0 Å². The molecule has 1 aliphatic carbocycles. The van der Waals surface area contributed by atoms with Gasteiger partial charge in [-0.15, -0.1) is 0 Å². The van der Waals surface area contributed by atoms with Crippen LogP contribution >= 0.6 is 0 Å². The van der Waals surface area contributed by atoms with Gasteiger partial charge in [0.2, 0.25) is 11.8 Å². The van der Waals surface area contributed by atoms with E-state index in [1.54, 1.807) is 0 Å². The zero-order chi connectivity index (χ0) is 20.2. The van der Waals surface area contributed by atoms with Crippen LogP contribution in [0.4, 0.5) is 5.69 Å². The number of hydrogen-bond donors (Lipinski definition) is 1. The Bertz CT molecular complexity index is 729. The number of piperazine rings is 1. The molecular weight excluding hydrogens is 368 g/mol. The number of carbonyl (C=O) groups excluding carboxylic acids is 2. The Labute approximate surface area is 173 Å².